The molecule has 0 fully saturated rings. The van der Waals surface area contributed by atoms with Gasteiger partial charge in [0.1, 0.15) is 0 Å². The first-order valence-corrected chi connectivity index (χ1v) is 13.4. The third kappa shape index (κ3) is 11.5. The molecule has 1 heterocycles. The minimum atomic E-state index is -5.08. The van der Waals surface area contributed by atoms with Crippen LogP contribution in [-0.2, 0) is 24.5 Å². The first kappa shape index (κ1) is 33.5. The first-order chi connectivity index (χ1) is 17.7. The van der Waals surface area contributed by atoms with Crippen molar-refractivity contribution in [2.45, 2.75) is 37.5 Å². The molecule has 0 atom stereocenters. The lowest BCUT2D eigenvalue weighted by molar-refractivity contribution is -0.192. The molecule has 2 aromatic rings. The van der Waals surface area contributed by atoms with Gasteiger partial charge in [-0.2, -0.15) is 13.2 Å². The number of benzene rings is 1. The van der Waals surface area contributed by atoms with Crippen LogP contribution in [0.25, 0.3) is 11.4 Å². The van der Waals surface area contributed by atoms with Gasteiger partial charge in [-0.25, -0.2) is 9.47 Å². The quantitative estimate of drug-likeness (QED) is 0.166. The molecule has 214 valence electrons. The van der Waals surface area contributed by atoms with Crippen LogP contribution >= 0.6 is 23.5 Å². The second-order valence-electron chi connectivity index (χ2n) is 8.78. The lowest BCUT2D eigenvalue weighted by Crippen LogP contribution is -2.37. The fraction of sp³-hybridized carbons (Fsp3) is 0.565. The van der Waals surface area contributed by atoms with Gasteiger partial charge in [0.15, 0.2) is 5.82 Å². The molecule has 0 aliphatic heterocycles. The number of thioether (sulfide) groups is 2. The molecule has 0 aliphatic carbocycles. The van der Waals surface area contributed by atoms with Crippen molar-refractivity contribution >= 4 is 35.4 Å². The zero-order valence-corrected chi connectivity index (χ0v) is 23.6. The Balaban J connectivity index is 0.000000905. The summed E-state index contributed by atoms with van der Waals surface area (Å²) in [7, 11) is 3.25. The van der Waals surface area contributed by atoms with Gasteiger partial charge in [-0.15, -0.1) is 22.0 Å². The molecule has 10 nitrogen and oxygen atoms in total. The molecule has 0 saturated heterocycles. The number of hydrogen-bond donors (Lipinski definition) is 2. The predicted molar refractivity (Wildman–Crippen MR) is 142 cm³/mol. The Morgan fingerprint density at radius 3 is 2.03 bits per heavy atom. The number of nitrogens with zero attached hydrogens (tertiary/aromatic N) is 4. The second kappa shape index (κ2) is 15.8. The van der Waals surface area contributed by atoms with Crippen molar-refractivity contribution in [2.75, 3.05) is 57.2 Å². The number of halogens is 3. The number of carbonyl (C=O) groups excluding carboxylic acids is 1. The maximum Gasteiger partial charge on any atom is 0.490 e. The van der Waals surface area contributed by atoms with Crippen molar-refractivity contribution in [1.82, 2.24) is 19.8 Å². The highest BCUT2D eigenvalue weighted by atomic mass is 32.2. The molecule has 0 spiro atoms. The zero-order chi connectivity index (χ0) is 28.9. The van der Waals surface area contributed by atoms with Gasteiger partial charge < -0.3 is 25.3 Å². The van der Waals surface area contributed by atoms with E-state index in [2.05, 4.69) is 43.1 Å². The molecule has 3 N–H and O–H groups in total. The topological polar surface area (TPSA) is 133 Å². The number of carboxylic acid groups (broad SMARTS) is 1. The van der Waals surface area contributed by atoms with Crippen LogP contribution in [0.15, 0.2) is 29.4 Å². The number of amides is 1. The van der Waals surface area contributed by atoms with E-state index in [1.807, 2.05) is 12.1 Å². The van der Waals surface area contributed by atoms with Crippen LogP contribution in [0.1, 0.15) is 26.3 Å². The van der Waals surface area contributed by atoms with E-state index in [0.717, 1.165) is 5.56 Å². The molecule has 1 amide bonds. The highest BCUT2D eigenvalue weighted by Gasteiger charge is 2.38. The first-order valence-electron chi connectivity index (χ1n) is 11.3. The van der Waals surface area contributed by atoms with Crippen molar-refractivity contribution in [3.8, 4) is 11.4 Å². The molecular formula is C23H34F3N5O5S2. The zero-order valence-electron chi connectivity index (χ0n) is 21.9. The number of ether oxygens (including phenoxy) is 2. The molecule has 0 aliphatic rings. The van der Waals surface area contributed by atoms with E-state index in [1.165, 1.54) is 33.8 Å². The maximum absolute atomic E-state index is 12.4. The Morgan fingerprint density at radius 2 is 1.58 bits per heavy atom. The van der Waals surface area contributed by atoms with E-state index in [4.69, 9.17) is 25.2 Å². The Morgan fingerprint density at radius 1 is 1.05 bits per heavy atom. The summed E-state index contributed by atoms with van der Waals surface area (Å²) in [6, 6.07) is 8.23. The molecular weight excluding hydrogens is 547 g/mol. The Hall–Kier alpha value is -2.49. The van der Waals surface area contributed by atoms with E-state index in [9.17, 15) is 18.0 Å². The largest absolute Gasteiger partial charge is 0.490 e. The molecule has 1 aromatic heterocycles. The molecule has 1 aromatic carbocycles. The van der Waals surface area contributed by atoms with Crippen LogP contribution in [-0.4, -0.2) is 94.3 Å². The number of hydrogen-bond acceptors (Lipinski definition) is 9. The summed E-state index contributed by atoms with van der Waals surface area (Å²) in [5.74, 6) is 4.52. The smallest absolute Gasteiger partial charge is 0.475 e. The van der Waals surface area contributed by atoms with E-state index < -0.39 is 12.1 Å². The Bertz CT molecular complexity index is 1010. The second-order valence-corrected chi connectivity index (χ2v) is 11.1. The van der Waals surface area contributed by atoms with E-state index >= 15 is 0 Å². The van der Waals surface area contributed by atoms with Crippen molar-refractivity contribution in [2.24, 2.45) is 0 Å². The van der Waals surface area contributed by atoms with E-state index in [0.29, 0.717) is 48.1 Å². The summed E-state index contributed by atoms with van der Waals surface area (Å²) in [6.45, 7) is 8.66. The van der Waals surface area contributed by atoms with Crippen LogP contribution in [0.5, 0.6) is 0 Å². The van der Waals surface area contributed by atoms with E-state index in [-0.39, 0.29) is 11.3 Å². The molecule has 0 radical (unpaired) electrons. The average Bonchev–Trinajstić information content (AvgIpc) is 3.21. The van der Waals surface area contributed by atoms with Crippen molar-refractivity contribution < 1.29 is 37.3 Å². The van der Waals surface area contributed by atoms with Gasteiger partial charge in [0, 0.05) is 38.0 Å². The molecule has 38 heavy (non-hydrogen) atoms. The number of rotatable bonds is 12. The van der Waals surface area contributed by atoms with Crippen molar-refractivity contribution in [1.29, 1.82) is 0 Å². The SMILES string of the molecule is COCCN(CCOC)C(=O)CSCSc1nnc(-c2ccc(C(C)(C)C)cc2)n1N.O=C(O)C(F)(F)F. The van der Waals surface area contributed by atoms with Gasteiger partial charge in [-0.3, -0.25) is 4.79 Å². The van der Waals surface area contributed by atoms with Gasteiger partial charge in [-0.05, 0) is 11.0 Å². The fourth-order valence-corrected chi connectivity index (χ4v) is 4.54. The van der Waals surface area contributed by atoms with Crippen LogP contribution in [0, 0.1) is 0 Å². The number of carbonyl (C=O) groups is 2. The standard InChI is InChI=1S/C21H33N5O3S2.C2HF3O2/c1-21(2,3)17-8-6-16(7-9-17)19-23-24-20(26(19)22)31-15-30-14-18(27)25(10-12-28-4)11-13-29-5;3-2(4,5)1(6)7/h6-9H,10-15,22H2,1-5H3;(H,6,7). The van der Waals surface area contributed by atoms with Gasteiger partial charge in [0.05, 0.1) is 19.0 Å². The summed E-state index contributed by atoms with van der Waals surface area (Å²) in [5.41, 5.74) is 2.26. The third-order valence-corrected chi connectivity index (χ3v) is 7.02. The molecule has 0 unspecified atom stereocenters. The fourth-order valence-electron chi connectivity index (χ4n) is 2.77. The Kier molecular flexibility index (Phi) is 14.0. The number of alkyl halides is 3. The molecule has 0 saturated carbocycles. The number of aliphatic carboxylic acids is 1. The summed E-state index contributed by atoms with van der Waals surface area (Å²) in [6.07, 6.45) is -5.08. The predicted octanol–water partition coefficient (Wildman–Crippen LogP) is 3.49. The summed E-state index contributed by atoms with van der Waals surface area (Å²) >= 11 is 2.99. The van der Waals surface area contributed by atoms with Crippen LogP contribution in [0.4, 0.5) is 13.2 Å². The summed E-state index contributed by atoms with van der Waals surface area (Å²) in [5, 5.41) is 16.8. The Labute approximate surface area is 228 Å². The van der Waals surface area contributed by atoms with Crippen molar-refractivity contribution in [3.05, 3.63) is 29.8 Å². The summed E-state index contributed by atoms with van der Waals surface area (Å²) < 4.78 is 43.4. The van der Waals surface area contributed by atoms with Gasteiger partial charge in [0.2, 0.25) is 11.1 Å². The van der Waals surface area contributed by atoms with Crippen LogP contribution in [0.3, 0.4) is 0 Å². The normalized spacial score (nSPS) is 11.6. The monoisotopic (exact) mass is 581 g/mol. The van der Waals surface area contributed by atoms with Crippen LogP contribution < -0.4 is 5.84 Å². The number of methoxy groups -OCH3 is 2. The molecule has 15 heteroatoms. The highest BCUT2D eigenvalue weighted by Crippen LogP contribution is 2.27. The van der Waals surface area contributed by atoms with Crippen LogP contribution in [0.2, 0.25) is 0 Å². The van der Waals surface area contributed by atoms with Gasteiger partial charge in [-0.1, -0.05) is 56.8 Å². The number of nitrogen functional groups attached to an aromatic ring is 1. The summed E-state index contributed by atoms with van der Waals surface area (Å²) in [4.78, 5) is 23.1. The maximum atomic E-state index is 12.4. The lowest BCUT2D eigenvalue weighted by atomic mass is 9.87. The average molecular weight is 582 g/mol. The number of carboxylic acids is 1. The highest BCUT2D eigenvalue weighted by molar-refractivity contribution is 8.16. The van der Waals surface area contributed by atoms with E-state index in [1.54, 1.807) is 19.1 Å². The lowest BCUT2D eigenvalue weighted by Gasteiger charge is -2.21. The third-order valence-electron chi connectivity index (χ3n) is 4.90. The minimum Gasteiger partial charge on any atom is -0.475 e. The van der Waals surface area contributed by atoms with Gasteiger partial charge >= 0.3 is 12.1 Å². The molecule has 2 rings (SSSR count). The minimum absolute atomic E-state index is 0.0635. The van der Waals surface area contributed by atoms with Gasteiger partial charge in [0.25, 0.3) is 0 Å². The number of aromatic nitrogens is 3. The number of nitrogens with two attached hydrogens (primary N) is 1. The van der Waals surface area contributed by atoms with Crippen molar-refractivity contribution in [3.63, 3.8) is 0 Å². The molecule has 0 bridgehead atoms.